The van der Waals surface area contributed by atoms with Gasteiger partial charge >= 0.3 is 0 Å². The van der Waals surface area contributed by atoms with Crippen LogP contribution in [-0.2, 0) is 4.79 Å². The van der Waals surface area contributed by atoms with Gasteiger partial charge in [-0.25, -0.2) is 0 Å². The highest BCUT2D eigenvalue weighted by Gasteiger charge is 2.12. The molecule has 0 aliphatic heterocycles. The molecule has 3 heterocycles. The van der Waals surface area contributed by atoms with Crippen molar-refractivity contribution in [2.24, 2.45) is 0 Å². The molecule has 8 heteroatoms. The Morgan fingerprint density at radius 3 is 2.71 bits per heavy atom. The van der Waals surface area contributed by atoms with Crippen molar-refractivity contribution in [1.82, 2.24) is 24.8 Å². The minimum Gasteiger partial charge on any atom is -0.325 e. The van der Waals surface area contributed by atoms with E-state index in [1.165, 1.54) is 17.3 Å². The minimum atomic E-state index is -0.106. The third-order valence-corrected chi connectivity index (χ3v) is 5.20. The molecule has 1 N–H and O–H groups in total. The molecule has 1 aromatic carbocycles. The summed E-state index contributed by atoms with van der Waals surface area (Å²) in [4.78, 5) is 16.6. The Morgan fingerprint density at radius 2 is 1.93 bits per heavy atom. The summed E-state index contributed by atoms with van der Waals surface area (Å²) in [5.74, 6) is 0.106. The quantitative estimate of drug-likeness (QED) is 0.525. The van der Waals surface area contributed by atoms with Gasteiger partial charge in [-0.1, -0.05) is 23.9 Å². The van der Waals surface area contributed by atoms with Crippen LogP contribution in [0, 0.1) is 13.8 Å². The molecule has 0 saturated carbocycles. The van der Waals surface area contributed by atoms with E-state index in [1.807, 2.05) is 62.4 Å². The number of nitrogens with one attached hydrogen (secondary N) is 1. The van der Waals surface area contributed by atoms with E-state index in [9.17, 15) is 4.79 Å². The number of rotatable bonds is 5. The van der Waals surface area contributed by atoms with Crippen LogP contribution in [-0.4, -0.2) is 36.5 Å². The first-order valence-electron chi connectivity index (χ1n) is 8.74. The number of hydrogen-bond donors (Lipinski definition) is 1. The first-order valence-corrected chi connectivity index (χ1v) is 9.72. The summed E-state index contributed by atoms with van der Waals surface area (Å²) in [5, 5.41) is 16.3. The van der Waals surface area contributed by atoms with Crippen LogP contribution < -0.4 is 5.32 Å². The second-order valence-electron chi connectivity index (χ2n) is 6.32. The Morgan fingerprint density at radius 1 is 1.04 bits per heavy atom. The van der Waals surface area contributed by atoms with Crippen molar-refractivity contribution in [1.29, 1.82) is 0 Å². The third-order valence-electron chi connectivity index (χ3n) is 4.28. The summed E-state index contributed by atoms with van der Waals surface area (Å²) in [6, 6.07) is 15.2. The number of nitrogens with zero attached hydrogens (tertiary/aromatic N) is 5. The first kappa shape index (κ1) is 18.1. The Bertz CT molecular complexity index is 1140. The molecule has 0 radical (unpaired) electrons. The number of amides is 1. The second kappa shape index (κ2) is 7.77. The lowest BCUT2D eigenvalue weighted by Crippen LogP contribution is -2.14. The molecular formula is C20H18N6OS. The van der Waals surface area contributed by atoms with Crippen LogP contribution in [0.3, 0.4) is 0 Å². The van der Waals surface area contributed by atoms with Crippen LogP contribution in [0.2, 0.25) is 0 Å². The third kappa shape index (κ3) is 3.86. The number of hydrogen-bond acceptors (Lipinski definition) is 6. The molecule has 28 heavy (non-hydrogen) atoms. The van der Waals surface area contributed by atoms with Gasteiger partial charge in [-0.2, -0.15) is 9.61 Å². The predicted octanol–water partition coefficient (Wildman–Crippen LogP) is 3.53. The van der Waals surface area contributed by atoms with Crippen LogP contribution in [0.1, 0.15) is 11.1 Å². The van der Waals surface area contributed by atoms with Crippen molar-refractivity contribution in [2.75, 3.05) is 11.1 Å². The van der Waals surface area contributed by atoms with Crippen molar-refractivity contribution in [2.45, 2.75) is 19.0 Å². The maximum absolute atomic E-state index is 12.3. The fraction of sp³-hybridized carbons (Fsp3) is 0.150. The van der Waals surface area contributed by atoms with Gasteiger partial charge in [0.25, 0.3) is 0 Å². The highest BCUT2D eigenvalue weighted by atomic mass is 32.2. The van der Waals surface area contributed by atoms with Gasteiger partial charge in [0, 0.05) is 11.9 Å². The standard InChI is InChI=1S/C20H18N6OS/c1-13-6-7-15(11-14(13)2)22-19(27)12-28-20-24-23-18-9-8-17(25-26(18)20)16-5-3-4-10-21-16/h3-11H,12H2,1-2H3,(H,22,27). The number of pyridine rings is 1. The van der Waals surface area contributed by atoms with Gasteiger partial charge in [-0.05, 0) is 61.4 Å². The topological polar surface area (TPSA) is 85.1 Å². The van der Waals surface area contributed by atoms with Gasteiger partial charge in [0.1, 0.15) is 5.69 Å². The number of carbonyl (C=O) groups is 1. The minimum absolute atomic E-state index is 0.106. The van der Waals surface area contributed by atoms with Gasteiger partial charge in [-0.15, -0.1) is 10.2 Å². The Labute approximate surface area is 166 Å². The molecule has 140 valence electrons. The van der Waals surface area contributed by atoms with Gasteiger partial charge in [0.05, 0.1) is 11.4 Å². The first-order chi connectivity index (χ1) is 13.6. The zero-order valence-corrected chi connectivity index (χ0v) is 16.3. The maximum atomic E-state index is 12.3. The summed E-state index contributed by atoms with van der Waals surface area (Å²) in [7, 11) is 0. The summed E-state index contributed by atoms with van der Waals surface area (Å²) < 4.78 is 1.64. The molecule has 0 aliphatic carbocycles. The van der Waals surface area contributed by atoms with E-state index in [0.717, 1.165) is 16.9 Å². The largest absolute Gasteiger partial charge is 0.325 e. The molecule has 0 fully saturated rings. The summed E-state index contributed by atoms with van der Waals surface area (Å²) >= 11 is 1.29. The number of aromatic nitrogens is 5. The predicted molar refractivity (Wildman–Crippen MR) is 109 cm³/mol. The fourth-order valence-corrected chi connectivity index (χ4v) is 3.34. The maximum Gasteiger partial charge on any atom is 0.234 e. The van der Waals surface area contributed by atoms with Gasteiger partial charge in [0.2, 0.25) is 11.1 Å². The average Bonchev–Trinajstić information content (AvgIpc) is 3.12. The molecule has 7 nitrogen and oxygen atoms in total. The highest BCUT2D eigenvalue weighted by molar-refractivity contribution is 7.99. The van der Waals surface area contributed by atoms with Crippen molar-refractivity contribution >= 4 is 29.0 Å². The lowest BCUT2D eigenvalue weighted by Gasteiger charge is -2.07. The zero-order chi connectivity index (χ0) is 19.5. The van der Waals surface area contributed by atoms with Crippen LogP contribution in [0.5, 0.6) is 0 Å². The number of benzene rings is 1. The van der Waals surface area contributed by atoms with Crippen molar-refractivity contribution in [3.05, 3.63) is 65.9 Å². The number of carbonyl (C=O) groups excluding carboxylic acids is 1. The van der Waals surface area contributed by atoms with E-state index in [0.29, 0.717) is 16.5 Å². The Kier molecular flexibility index (Phi) is 5.03. The smallest absolute Gasteiger partial charge is 0.234 e. The molecule has 0 saturated heterocycles. The molecule has 0 bridgehead atoms. The highest BCUT2D eigenvalue weighted by Crippen LogP contribution is 2.20. The van der Waals surface area contributed by atoms with Gasteiger partial charge in [0.15, 0.2) is 5.65 Å². The molecule has 0 spiro atoms. The Balaban J connectivity index is 1.48. The van der Waals surface area contributed by atoms with Crippen molar-refractivity contribution < 1.29 is 4.79 Å². The second-order valence-corrected chi connectivity index (χ2v) is 7.26. The van der Waals surface area contributed by atoms with Crippen molar-refractivity contribution in [3.8, 4) is 11.4 Å². The number of aryl methyl sites for hydroxylation is 2. The number of anilines is 1. The number of fused-ring (bicyclic) bond motifs is 1. The molecule has 0 aliphatic rings. The van der Waals surface area contributed by atoms with Crippen LogP contribution in [0.15, 0.2) is 59.9 Å². The SMILES string of the molecule is Cc1ccc(NC(=O)CSc2nnc3ccc(-c4ccccn4)nn23)cc1C. The number of thioether (sulfide) groups is 1. The van der Waals surface area contributed by atoms with E-state index in [1.54, 1.807) is 10.7 Å². The lowest BCUT2D eigenvalue weighted by molar-refractivity contribution is -0.113. The fourth-order valence-electron chi connectivity index (χ4n) is 2.66. The molecule has 1 amide bonds. The summed E-state index contributed by atoms with van der Waals surface area (Å²) in [6.07, 6.45) is 1.72. The molecular weight excluding hydrogens is 372 g/mol. The van der Waals surface area contributed by atoms with E-state index in [2.05, 4.69) is 25.6 Å². The van der Waals surface area contributed by atoms with Crippen molar-refractivity contribution in [3.63, 3.8) is 0 Å². The van der Waals surface area contributed by atoms with Gasteiger partial charge in [-0.3, -0.25) is 9.78 Å². The average molecular weight is 390 g/mol. The van der Waals surface area contributed by atoms with E-state index in [-0.39, 0.29) is 11.7 Å². The molecule has 0 unspecified atom stereocenters. The normalized spacial score (nSPS) is 10.9. The molecule has 4 rings (SSSR count). The monoisotopic (exact) mass is 390 g/mol. The van der Waals surface area contributed by atoms with Crippen LogP contribution in [0.4, 0.5) is 5.69 Å². The van der Waals surface area contributed by atoms with Crippen LogP contribution in [0.25, 0.3) is 17.0 Å². The zero-order valence-electron chi connectivity index (χ0n) is 15.5. The Hall–Kier alpha value is -3.26. The molecule has 3 aromatic heterocycles. The van der Waals surface area contributed by atoms with E-state index in [4.69, 9.17) is 0 Å². The summed E-state index contributed by atoms with van der Waals surface area (Å²) in [6.45, 7) is 4.06. The molecule has 0 atom stereocenters. The molecule has 4 aromatic rings. The van der Waals surface area contributed by atoms with E-state index >= 15 is 0 Å². The summed E-state index contributed by atoms with van der Waals surface area (Å²) in [5.41, 5.74) is 5.22. The van der Waals surface area contributed by atoms with E-state index < -0.39 is 0 Å². The van der Waals surface area contributed by atoms with Crippen LogP contribution >= 0.6 is 11.8 Å². The van der Waals surface area contributed by atoms with Gasteiger partial charge < -0.3 is 5.32 Å². The lowest BCUT2D eigenvalue weighted by atomic mass is 10.1.